The second kappa shape index (κ2) is 8.50. The van der Waals surface area contributed by atoms with Crippen LogP contribution < -0.4 is 4.90 Å². The Morgan fingerprint density at radius 1 is 1.15 bits per heavy atom. The van der Waals surface area contributed by atoms with E-state index < -0.39 is 10.0 Å². The van der Waals surface area contributed by atoms with Gasteiger partial charge in [-0.05, 0) is 24.3 Å². The first-order chi connectivity index (χ1) is 12.4. The van der Waals surface area contributed by atoms with Gasteiger partial charge in [0, 0.05) is 13.1 Å². The molecule has 26 heavy (non-hydrogen) atoms. The Bertz CT molecular complexity index is 700. The molecule has 0 spiro atoms. The lowest BCUT2D eigenvalue weighted by atomic mass is 10.0. The van der Waals surface area contributed by atoms with Gasteiger partial charge in [-0.15, -0.1) is 0 Å². The molecule has 1 amide bonds. The molecule has 0 aromatic heterocycles. The Balaban J connectivity index is 1.48. The highest BCUT2D eigenvalue weighted by Gasteiger charge is 2.31. The second-order valence-corrected chi connectivity index (χ2v) is 9.62. The smallest absolute Gasteiger partial charge is 0.277 e. The molecule has 2 aliphatic heterocycles. The van der Waals surface area contributed by atoms with E-state index in [4.69, 9.17) is 0 Å². The summed E-state index contributed by atoms with van der Waals surface area (Å²) in [5, 5.41) is 0. The minimum atomic E-state index is -3.29. The predicted molar refractivity (Wildman–Crippen MR) is 101 cm³/mol. The Kier molecular flexibility index (Phi) is 6.32. The number of carbonyl (C=O) groups is 1. The van der Waals surface area contributed by atoms with Crippen LogP contribution in [-0.4, -0.2) is 69.3 Å². The van der Waals surface area contributed by atoms with Gasteiger partial charge in [0.05, 0.1) is 31.9 Å². The first kappa shape index (κ1) is 19.3. The molecular weight excluding hydrogens is 350 g/mol. The number of rotatable bonds is 5. The maximum atomic E-state index is 12.6. The zero-order chi connectivity index (χ0) is 18.6. The third-order valence-electron chi connectivity index (χ3n) is 5.43. The van der Waals surface area contributed by atoms with Gasteiger partial charge in [-0.1, -0.05) is 37.3 Å². The molecule has 3 rings (SSSR count). The fraction of sp³-hybridized carbons (Fsp3) is 0.632. The number of piperidine rings is 1. The number of quaternary nitrogens is 1. The third kappa shape index (κ3) is 5.05. The first-order valence-corrected chi connectivity index (χ1v) is 11.2. The van der Waals surface area contributed by atoms with Crippen molar-refractivity contribution >= 4 is 15.9 Å². The number of hydrogen-bond donors (Lipinski definition) is 1. The highest BCUT2D eigenvalue weighted by atomic mass is 32.2. The Morgan fingerprint density at radius 2 is 1.85 bits per heavy atom. The number of nitrogens with zero attached hydrogens (tertiary/aromatic N) is 2. The van der Waals surface area contributed by atoms with Gasteiger partial charge in [0.1, 0.15) is 0 Å². The van der Waals surface area contributed by atoms with Gasteiger partial charge < -0.3 is 9.80 Å². The average Bonchev–Trinajstić information content (AvgIpc) is 2.62. The van der Waals surface area contributed by atoms with E-state index in [0.717, 1.165) is 25.1 Å². The Hall–Kier alpha value is -1.44. The summed E-state index contributed by atoms with van der Waals surface area (Å²) < 4.78 is 26.8. The van der Waals surface area contributed by atoms with Crippen molar-refractivity contribution in [2.45, 2.75) is 25.5 Å². The summed E-state index contributed by atoms with van der Waals surface area (Å²) in [7, 11) is -3.29. The fourth-order valence-corrected chi connectivity index (χ4v) is 5.41. The van der Waals surface area contributed by atoms with Crippen molar-refractivity contribution in [3.63, 3.8) is 0 Å². The molecule has 7 heteroatoms. The summed E-state index contributed by atoms with van der Waals surface area (Å²) in [6, 6.07) is 9.30. The van der Waals surface area contributed by atoms with Gasteiger partial charge in [-0.3, -0.25) is 4.79 Å². The first-order valence-electron chi connectivity index (χ1n) is 9.57. The summed E-state index contributed by atoms with van der Waals surface area (Å²) in [5.41, 5.74) is 0.816. The molecule has 0 aliphatic carbocycles. The minimum absolute atomic E-state index is 0.0494. The molecule has 1 N–H and O–H groups in total. The zero-order valence-corrected chi connectivity index (χ0v) is 16.4. The minimum Gasteiger partial charge on any atom is -0.338 e. The number of benzene rings is 1. The number of likely N-dealkylation sites (tertiary alicyclic amines) is 1. The topological polar surface area (TPSA) is 62.1 Å². The summed E-state index contributed by atoms with van der Waals surface area (Å²) >= 11 is 0. The molecule has 2 heterocycles. The van der Waals surface area contributed by atoms with E-state index in [-0.39, 0.29) is 11.7 Å². The van der Waals surface area contributed by atoms with Crippen LogP contribution >= 0.6 is 0 Å². The predicted octanol–water partition coefficient (Wildman–Crippen LogP) is -0.0246. The molecule has 2 aliphatic rings. The average molecular weight is 381 g/mol. The SMILES string of the molecule is C[C@H]1CCCN(C(=O)C[NH+]2CCN(S(=O)(=O)Cc3ccccc3)CC2)C1. The summed E-state index contributed by atoms with van der Waals surface area (Å²) in [4.78, 5) is 15.7. The molecule has 1 aromatic rings. The lowest BCUT2D eigenvalue weighted by molar-refractivity contribution is -0.896. The van der Waals surface area contributed by atoms with Gasteiger partial charge in [0.15, 0.2) is 6.54 Å². The summed E-state index contributed by atoms with van der Waals surface area (Å²) in [6.07, 6.45) is 2.29. The van der Waals surface area contributed by atoms with E-state index in [1.807, 2.05) is 35.2 Å². The molecule has 144 valence electrons. The number of sulfonamides is 1. The van der Waals surface area contributed by atoms with E-state index in [0.29, 0.717) is 38.6 Å². The maximum absolute atomic E-state index is 12.6. The van der Waals surface area contributed by atoms with E-state index in [9.17, 15) is 13.2 Å². The molecule has 0 unspecified atom stereocenters. The van der Waals surface area contributed by atoms with E-state index in [1.54, 1.807) is 4.31 Å². The van der Waals surface area contributed by atoms with E-state index >= 15 is 0 Å². The van der Waals surface area contributed by atoms with Gasteiger partial charge >= 0.3 is 0 Å². The van der Waals surface area contributed by atoms with Crippen LogP contribution in [0.15, 0.2) is 30.3 Å². The molecule has 6 nitrogen and oxygen atoms in total. The van der Waals surface area contributed by atoms with Crippen LogP contribution in [0.25, 0.3) is 0 Å². The van der Waals surface area contributed by atoms with Crippen molar-refractivity contribution in [2.24, 2.45) is 5.92 Å². The zero-order valence-electron chi connectivity index (χ0n) is 15.6. The van der Waals surface area contributed by atoms with Gasteiger partial charge in [-0.25, -0.2) is 8.42 Å². The van der Waals surface area contributed by atoms with Gasteiger partial charge in [0.2, 0.25) is 10.0 Å². The second-order valence-electron chi connectivity index (χ2n) is 7.65. The molecular formula is C19H30N3O3S+. The molecule has 0 bridgehead atoms. The van der Waals surface area contributed by atoms with Crippen LogP contribution in [0.2, 0.25) is 0 Å². The summed E-state index contributed by atoms with van der Waals surface area (Å²) in [6.45, 7) is 6.80. The normalized spacial score (nSPS) is 23.1. The van der Waals surface area contributed by atoms with E-state index in [2.05, 4.69) is 6.92 Å². The highest BCUT2D eigenvalue weighted by Crippen LogP contribution is 2.15. The van der Waals surface area contributed by atoms with Crippen molar-refractivity contribution in [1.82, 2.24) is 9.21 Å². The molecule has 2 saturated heterocycles. The third-order valence-corrected chi connectivity index (χ3v) is 7.28. The molecule has 0 radical (unpaired) electrons. The maximum Gasteiger partial charge on any atom is 0.277 e. The van der Waals surface area contributed by atoms with Crippen LogP contribution in [0.4, 0.5) is 0 Å². The van der Waals surface area contributed by atoms with Crippen LogP contribution in [0.3, 0.4) is 0 Å². The number of nitrogens with one attached hydrogen (secondary N) is 1. The van der Waals surface area contributed by atoms with Crippen molar-refractivity contribution in [3.8, 4) is 0 Å². The highest BCUT2D eigenvalue weighted by molar-refractivity contribution is 7.88. The number of hydrogen-bond acceptors (Lipinski definition) is 3. The Morgan fingerprint density at radius 3 is 2.50 bits per heavy atom. The fourth-order valence-electron chi connectivity index (χ4n) is 3.88. The van der Waals surface area contributed by atoms with Crippen LogP contribution in [0.5, 0.6) is 0 Å². The quantitative estimate of drug-likeness (QED) is 0.781. The largest absolute Gasteiger partial charge is 0.338 e. The molecule has 1 atom stereocenters. The van der Waals surface area contributed by atoms with Crippen molar-refractivity contribution < 1.29 is 18.1 Å². The van der Waals surface area contributed by atoms with Crippen molar-refractivity contribution in [2.75, 3.05) is 45.8 Å². The number of amides is 1. The summed E-state index contributed by atoms with van der Waals surface area (Å²) in [5.74, 6) is 0.850. The number of carbonyl (C=O) groups excluding carboxylic acids is 1. The van der Waals surface area contributed by atoms with Gasteiger partial charge in [-0.2, -0.15) is 4.31 Å². The molecule has 0 saturated carbocycles. The van der Waals surface area contributed by atoms with E-state index in [1.165, 1.54) is 11.3 Å². The van der Waals surface area contributed by atoms with Crippen molar-refractivity contribution in [1.29, 1.82) is 0 Å². The molecule has 1 aromatic carbocycles. The monoisotopic (exact) mass is 380 g/mol. The van der Waals surface area contributed by atoms with Crippen LogP contribution in [0, 0.1) is 5.92 Å². The number of piperazine rings is 1. The lowest BCUT2D eigenvalue weighted by Gasteiger charge is -2.34. The Labute approximate surface area is 156 Å². The molecule has 2 fully saturated rings. The lowest BCUT2D eigenvalue weighted by Crippen LogP contribution is -3.15. The van der Waals surface area contributed by atoms with Crippen LogP contribution in [-0.2, 0) is 20.6 Å². The standard InChI is InChI=1S/C19H29N3O3S/c1-17-6-5-9-21(14-17)19(23)15-20-10-12-22(13-11-20)26(24,25)16-18-7-3-2-4-8-18/h2-4,7-8,17H,5-6,9-16H2,1H3/p+1/t17-/m0/s1. The van der Waals surface area contributed by atoms with Crippen LogP contribution in [0.1, 0.15) is 25.3 Å². The van der Waals surface area contributed by atoms with Crippen molar-refractivity contribution in [3.05, 3.63) is 35.9 Å². The van der Waals surface area contributed by atoms with Gasteiger partial charge in [0.25, 0.3) is 5.91 Å².